The van der Waals surface area contributed by atoms with Gasteiger partial charge in [-0.15, -0.1) is 24.0 Å². The third-order valence-electron chi connectivity index (χ3n) is 5.40. The van der Waals surface area contributed by atoms with Crippen LogP contribution in [0.1, 0.15) is 31.2 Å². The highest BCUT2D eigenvalue weighted by Crippen LogP contribution is 2.29. The summed E-state index contributed by atoms with van der Waals surface area (Å²) in [6, 6.07) is 4.02. The van der Waals surface area contributed by atoms with Crippen molar-refractivity contribution in [2.24, 2.45) is 10.9 Å². The van der Waals surface area contributed by atoms with Gasteiger partial charge in [-0.25, -0.2) is 4.98 Å². The highest BCUT2D eigenvalue weighted by Gasteiger charge is 2.32. The number of nitrogens with one attached hydrogen (secondary N) is 1. The van der Waals surface area contributed by atoms with E-state index in [0.29, 0.717) is 19.0 Å². The average Bonchev–Trinajstić information content (AvgIpc) is 3.38. The second-order valence-electron chi connectivity index (χ2n) is 7.56. The summed E-state index contributed by atoms with van der Waals surface area (Å²) in [6.07, 6.45) is 6.94. The van der Waals surface area contributed by atoms with Crippen LogP contribution in [-0.2, 0) is 16.0 Å². The first-order valence-corrected chi connectivity index (χ1v) is 10.1. The van der Waals surface area contributed by atoms with E-state index in [2.05, 4.69) is 20.2 Å². The molecule has 28 heavy (non-hydrogen) atoms. The maximum absolute atomic E-state index is 5.94. The minimum atomic E-state index is 0. The molecule has 1 aromatic heterocycles. The summed E-state index contributed by atoms with van der Waals surface area (Å²) < 4.78 is 17.5. The van der Waals surface area contributed by atoms with Crippen LogP contribution in [0, 0.1) is 5.92 Å². The Bertz CT molecular complexity index is 650. The summed E-state index contributed by atoms with van der Waals surface area (Å²) in [5, 5.41) is 3.47. The molecule has 156 valence electrons. The average molecular weight is 502 g/mol. The van der Waals surface area contributed by atoms with Crippen LogP contribution in [0.2, 0.25) is 0 Å². The summed E-state index contributed by atoms with van der Waals surface area (Å²) in [5.74, 6) is 2.34. The second-order valence-corrected chi connectivity index (χ2v) is 7.56. The highest BCUT2D eigenvalue weighted by atomic mass is 127. The fourth-order valence-corrected chi connectivity index (χ4v) is 3.63. The van der Waals surface area contributed by atoms with Crippen molar-refractivity contribution in [1.82, 2.24) is 15.2 Å². The van der Waals surface area contributed by atoms with Gasteiger partial charge in [0.25, 0.3) is 0 Å². The van der Waals surface area contributed by atoms with E-state index in [0.717, 1.165) is 56.6 Å². The zero-order chi connectivity index (χ0) is 18.5. The van der Waals surface area contributed by atoms with E-state index in [4.69, 9.17) is 14.2 Å². The molecule has 2 saturated heterocycles. The SMILES string of the molecule is CN=C(NCc1ccnc(OCC2CC2)c1)N1CCOC(C2CCCO2)C1.I. The number of rotatable bonds is 6. The van der Waals surface area contributed by atoms with E-state index < -0.39 is 0 Å². The van der Waals surface area contributed by atoms with Gasteiger partial charge < -0.3 is 24.4 Å². The van der Waals surface area contributed by atoms with Crippen molar-refractivity contribution in [3.8, 4) is 5.88 Å². The summed E-state index contributed by atoms with van der Waals surface area (Å²) in [7, 11) is 1.83. The van der Waals surface area contributed by atoms with Crippen LogP contribution in [0.3, 0.4) is 0 Å². The van der Waals surface area contributed by atoms with Crippen molar-refractivity contribution >= 4 is 29.9 Å². The lowest BCUT2D eigenvalue weighted by Gasteiger charge is -2.37. The number of nitrogens with zero attached hydrogens (tertiary/aromatic N) is 3. The largest absolute Gasteiger partial charge is 0.477 e. The fraction of sp³-hybridized carbons (Fsp3) is 0.700. The van der Waals surface area contributed by atoms with Gasteiger partial charge in [-0.3, -0.25) is 4.99 Å². The molecular formula is C20H31IN4O3. The van der Waals surface area contributed by atoms with Crippen LogP contribution in [0.15, 0.2) is 23.3 Å². The van der Waals surface area contributed by atoms with Gasteiger partial charge >= 0.3 is 0 Å². The second kappa shape index (κ2) is 10.6. The normalized spacial score (nSPS) is 25.3. The molecular weight excluding hydrogens is 471 g/mol. The van der Waals surface area contributed by atoms with E-state index in [1.54, 1.807) is 0 Å². The third-order valence-corrected chi connectivity index (χ3v) is 5.40. The Morgan fingerprint density at radius 3 is 2.89 bits per heavy atom. The Morgan fingerprint density at radius 1 is 1.29 bits per heavy atom. The monoisotopic (exact) mass is 502 g/mol. The smallest absolute Gasteiger partial charge is 0.213 e. The predicted molar refractivity (Wildman–Crippen MR) is 118 cm³/mol. The Hall–Kier alpha value is -1.13. The number of morpholine rings is 1. The van der Waals surface area contributed by atoms with E-state index in [1.807, 2.05) is 25.4 Å². The molecule has 2 atom stereocenters. The van der Waals surface area contributed by atoms with E-state index in [-0.39, 0.29) is 36.2 Å². The molecule has 0 bridgehead atoms. The maximum atomic E-state index is 5.94. The molecule has 1 saturated carbocycles. The molecule has 3 heterocycles. The third kappa shape index (κ3) is 5.93. The van der Waals surface area contributed by atoms with Gasteiger partial charge in [0.2, 0.25) is 5.88 Å². The summed E-state index contributed by atoms with van der Waals surface area (Å²) in [6.45, 7) is 4.69. The lowest BCUT2D eigenvalue weighted by atomic mass is 10.1. The summed E-state index contributed by atoms with van der Waals surface area (Å²) in [4.78, 5) is 11.0. The number of ether oxygens (including phenoxy) is 3. The molecule has 2 aliphatic heterocycles. The Kier molecular flexibility index (Phi) is 8.16. The molecule has 1 N–H and O–H groups in total. The Balaban J connectivity index is 0.00000225. The molecule has 0 spiro atoms. The lowest BCUT2D eigenvalue weighted by molar-refractivity contribution is -0.0817. The van der Waals surface area contributed by atoms with E-state index >= 15 is 0 Å². The number of hydrogen-bond donors (Lipinski definition) is 1. The fourth-order valence-electron chi connectivity index (χ4n) is 3.63. The summed E-state index contributed by atoms with van der Waals surface area (Å²) >= 11 is 0. The molecule has 2 unspecified atom stereocenters. The van der Waals surface area contributed by atoms with Crippen molar-refractivity contribution in [1.29, 1.82) is 0 Å². The van der Waals surface area contributed by atoms with Crippen LogP contribution < -0.4 is 10.1 Å². The molecule has 3 aliphatic rings. The van der Waals surface area contributed by atoms with Gasteiger partial charge in [0.1, 0.15) is 6.10 Å². The molecule has 1 aromatic rings. The maximum Gasteiger partial charge on any atom is 0.213 e. The standard InChI is InChI=1S/C20H30N4O3.HI/c1-21-20(24-8-10-26-18(13-24)17-3-2-9-25-17)23-12-16-6-7-22-19(11-16)27-14-15-4-5-15;/h6-7,11,15,17-18H,2-5,8-10,12-14H2,1H3,(H,21,23);1H. The highest BCUT2D eigenvalue weighted by molar-refractivity contribution is 14.0. The van der Waals surface area contributed by atoms with Crippen molar-refractivity contribution in [3.63, 3.8) is 0 Å². The first-order valence-electron chi connectivity index (χ1n) is 10.1. The number of hydrogen-bond acceptors (Lipinski definition) is 5. The number of aromatic nitrogens is 1. The molecule has 8 heteroatoms. The molecule has 0 amide bonds. The molecule has 0 aromatic carbocycles. The van der Waals surface area contributed by atoms with Crippen molar-refractivity contribution < 1.29 is 14.2 Å². The van der Waals surface area contributed by atoms with Gasteiger partial charge in [-0.1, -0.05) is 0 Å². The number of pyridine rings is 1. The van der Waals surface area contributed by atoms with Crippen LogP contribution in [-0.4, -0.2) is 68.0 Å². The topological polar surface area (TPSA) is 68.2 Å². The zero-order valence-corrected chi connectivity index (χ0v) is 18.8. The Morgan fingerprint density at radius 2 is 2.14 bits per heavy atom. The first-order chi connectivity index (χ1) is 13.3. The molecule has 7 nitrogen and oxygen atoms in total. The van der Waals surface area contributed by atoms with Gasteiger partial charge in [0.05, 0.1) is 19.3 Å². The molecule has 4 rings (SSSR count). The van der Waals surface area contributed by atoms with Crippen LogP contribution in [0.5, 0.6) is 5.88 Å². The van der Waals surface area contributed by atoms with Crippen LogP contribution >= 0.6 is 24.0 Å². The van der Waals surface area contributed by atoms with Crippen LogP contribution in [0.4, 0.5) is 0 Å². The number of aliphatic imine (C=N–C) groups is 1. The van der Waals surface area contributed by atoms with Gasteiger partial charge in [0.15, 0.2) is 5.96 Å². The molecule has 0 radical (unpaired) electrons. The van der Waals surface area contributed by atoms with Gasteiger partial charge in [0, 0.05) is 45.6 Å². The van der Waals surface area contributed by atoms with Gasteiger partial charge in [-0.2, -0.15) is 0 Å². The Labute approximate surface area is 184 Å². The van der Waals surface area contributed by atoms with Crippen molar-refractivity contribution in [2.75, 3.05) is 40.0 Å². The summed E-state index contributed by atoms with van der Waals surface area (Å²) in [5.41, 5.74) is 1.14. The first kappa shape index (κ1) is 21.6. The molecule has 3 fully saturated rings. The minimum Gasteiger partial charge on any atom is -0.477 e. The van der Waals surface area contributed by atoms with Crippen LogP contribution in [0.25, 0.3) is 0 Å². The predicted octanol–water partition coefficient (Wildman–Crippen LogP) is 2.44. The zero-order valence-electron chi connectivity index (χ0n) is 16.5. The minimum absolute atomic E-state index is 0. The van der Waals surface area contributed by atoms with E-state index in [1.165, 1.54) is 12.8 Å². The quantitative estimate of drug-likeness (QED) is 0.366. The van der Waals surface area contributed by atoms with Gasteiger partial charge in [-0.05, 0) is 43.2 Å². The number of halogens is 1. The van der Waals surface area contributed by atoms with E-state index in [9.17, 15) is 0 Å². The van der Waals surface area contributed by atoms with Crippen molar-refractivity contribution in [3.05, 3.63) is 23.9 Å². The molecule has 1 aliphatic carbocycles. The lowest BCUT2D eigenvalue weighted by Crippen LogP contribution is -2.53. The number of guanidine groups is 1. The van der Waals surface area contributed by atoms with Crippen molar-refractivity contribution in [2.45, 2.75) is 44.4 Å².